The maximum atomic E-state index is 11.6. The molecule has 0 fully saturated rings. The minimum atomic E-state index is -0.637. The number of aromatic nitrogens is 4. The molecular weight excluding hydrogens is 242 g/mol. The van der Waals surface area contributed by atoms with Crippen LogP contribution in [-0.4, -0.2) is 32.2 Å². The van der Waals surface area contributed by atoms with Crippen molar-refractivity contribution < 1.29 is 14.1 Å². The van der Waals surface area contributed by atoms with Gasteiger partial charge in [-0.15, -0.1) is 0 Å². The van der Waals surface area contributed by atoms with Crippen molar-refractivity contribution in [2.75, 3.05) is 5.73 Å². The fourth-order valence-corrected chi connectivity index (χ4v) is 1.15. The monoisotopic (exact) mass is 251 g/mol. The Morgan fingerprint density at radius 2 is 1.89 bits per heavy atom. The molecule has 0 saturated heterocycles. The fraction of sp³-hybridized carbons (Fsp3) is 0.250. The van der Waals surface area contributed by atoms with E-state index in [1.54, 1.807) is 13.8 Å². The zero-order valence-corrected chi connectivity index (χ0v) is 9.54. The van der Waals surface area contributed by atoms with Gasteiger partial charge in [-0.2, -0.15) is 5.10 Å². The van der Waals surface area contributed by atoms with Crippen molar-refractivity contribution >= 4 is 17.4 Å². The highest BCUT2D eigenvalue weighted by atomic mass is 16.6. The maximum Gasteiger partial charge on any atom is 0.297 e. The van der Waals surface area contributed by atoms with Crippen molar-refractivity contribution in [3.63, 3.8) is 0 Å². The Morgan fingerprint density at radius 1 is 1.22 bits per heavy atom. The van der Waals surface area contributed by atoms with Crippen LogP contribution in [0.3, 0.4) is 0 Å². The summed E-state index contributed by atoms with van der Waals surface area (Å²) in [6.45, 7) is 3.34. The Balaban J connectivity index is 2.10. The van der Waals surface area contributed by atoms with Crippen molar-refractivity contribution in [3.05, 3.63) is 17.1 Å². The second-order valence-corrected chi connectivity index (χ2v) is 3.33. The summed E-state index contributed by atoms with van der Waals surface area (Å²) in [4.78, 5) is 11.6. The minimum Gasteiger partial charge on any atom is -0.379 e. The van der Waals surface area contributed by atoms with Crippen LogP contribution in [0.25, 0.3) is 0 Å². The summed E-state index contributed by atoms with van der Waals surface area (Å²) in [5.74, 6) is -0.748. The van der Waals surface area contributed by atoms with Gasteiger partial charge in [-0.1, -0.05) is 5.16 Å². The largest absolute Gasteiger partial charge is 0.379 e. The van der Waals surface area contributed by atoms with Crippen LogP contribution in [0, 0.1) is 6.92 Å². The lowest BCUT2D eigenvalue weighted by atomic mass is 10.2. The summed E-state index contributed by atoms with van der Waals surface area (Å²) in [6, 6.07) is 0. The Hall–Kier alpha value is -2.78. The third-order valence-corrected chi connectivity index (χ3v) is 2.05. The van der Waals surface area contributed by atoms with E-state index in [1.807, 2.05) is 0 Å². The van der Waals surface area contributed by atoms with Crippen LogP contribution in [0.15, 0.2) is 14.4 Å². The van der Waals surface area contributed by atoms with Crippen LogP contribution in [-0.2, 0) is 0 Å². The second kappa shape index (κ2) is 4.61. The van der Waals surface area contributed by atoms with E-state index < -0.39 is 5.91 Å². The van der Waals surface area contributed by atoms with Gasteiger partial charge in [-0.3, -0.25) is 4.79 Å². The van der Waals surface area contributed by atoms with E-state index in [0.717, 1.165) is 0 Å². The number of carbonyl (C=O) groups excluding carboxylic acids is 1. The van der Waals surface area contributed by atoms with E-state index in [2.05, 4.69) is 40.4 Å². The summed E-state index contributed by atoms with van der Waals surface area (Å²) < 4.78 is 8.81. The number of nitrogen functional groups attached to an aromatic ring is 1. The van der Waals surface area contributed by atoms with Gasteiger partial charge < -0.3 is 5.73 Å². The zero-order chi connectivity index (χ0) is 13.1. The highest BCUT2D eigenvalue weighted by Gasteiger charge is 2.16. The maximum absolute atomic E-state index is 11.6. The number of rotatable bonds is 3. The third kappa shape index (κ3) is 2.16. The molecule has 2 heterocycles. The van der Waals surface area contributed by atoms with Gasteiger partial charge in [-0.05, 0) is 29.3 Å². The van der Waals surface area contributed by atoms with Gasteiger partial charge in [0.25, 0.3) is 5.91 Å². The topological polar surface area (TPSA) is 145 Å². The first kappa shape index (κ1) is 11.7. The Bertz CT molecular complexity index is 599. The van der Waals surface area contributed by atoms with E-state index in [9.17, 15) is 4.79 Å². The molecule has 3 N–H and O–H groups in total. The highest BCUT2D eigenvalue weighted by molar-refractivity contribution is 6.00. The Kier molecular flexibility index (Phi) is 3.00. The molecule has 0 radical (unpaired) electrons. The first-order valence-electron chi connectivity index (χ1n) is 4.81. The van der Waals surface area contributed by atoms with Crippen LogP contribution in [0.2, 0.25) is 0 Å². The number of nitrogens with two attached hydrogens (primary N) is 1. The zero-order valence-electron chi connectivity index (χ0n) is 9.54. The molecule has 2 aromatic rings. The molecule has 18 heavy (non-hydrogen) atoms. The third-order valence-electron chi connectivity index (χ3n) is 2.05. The van der Waals surface area contributed by atoms with Crippen LogP contribution >= 0.6 is 0 Å². The van der Waals surface area contributed by atoms with Crippen LogP contribution in [0.1, 0.15) is 28.8 Å². The van der Waals surface area contributed by atoms with E-state index in [0.29, 0.717) is 17.1 Å². The molecule has 0 unspecified atom stereocenters. The van der Waals surface area contributed by atoms with Crippen LogP contribution in [0.5, 0.6) is 0 Å². The molecule has 0 aromatic carbocycles. The van der Waals surface area contributed by atoms with Crippen molar-refractivity contribution in [3.8, 4) is 0 Å². The number of hydrogen-bond acceptors (Lipinski definition) is 9. The predicted octanol–water partition coefficient (Wildman–Crippen LogP) is -0.503. The number of amides is 1. The van der Waals surface area contributed by atoms with E-state index in [1.165, 1.54) is 0 Å². The molecule has 94 valence electrons. The molecule has 0 saturated carbocycles. The van der Waals surface area contributed by atoms with Crippen molar-refractivity contribution in [1.82, 2.24) is 26.1 Å². The van der Waals surface area contributed by atoms with E-state index >= 15 is 0 Å². The van der Waals surface area contributed by atoms with Gasteiger partial charge in [0.05, 0.1) is 5.71 Å². The van der Waals surface area contributed by atoms with Gasteiger partial charge >= 0.3 is 0 Å². The summed E-state index contributed by atoms with van der Waals surface area (Å²) in [5.41, 5.74) is 8.89. The molecule has 2 rings (SSSR count). The lowest BCUT2D eigenvalue weighted by Crippen LogP contribution is -2.21. The standard InChI is InChI=1S/C8H9N7O3/c1-3(5-4(2)12-17-13-5)10-11-8(16)6-7(9)15-18-14-6/h1-2H3,(H2,9,15)(H,11,16)/b10-3-. The molecule has 0 aliphatic heterocycles. The Labute approximate surface area is 100 Å². The molecule has 0 atom stereocenters. The van der Waals surface area contributed by atoms with Gasteiger partial charge in [-0.25, -0.2) is 14.7 Å². The molecular formula is C8H9N7O3. The number of nitrogens with one attached hydrogen (secondary N) is 1. The predicted molar refractivity (Wildman–Crippen MR) is 57.4 cm³/mol. The normalized spacial score (nSPS) is 11.6. The average molecular weight is 251 g/mol. The first-order chi connectivity index (χ1) is 8.59. The lowest BCUT2D eigenvalue weighted by Gasteiger charge is -1.97. The van der Waals surface area contributed by atoms with E-state index in [4.69, 9.17) is 5.73 Å². The Morgan fingerprint density at radius 3 is 2.44 bits per heavy atom. The first-order valence-corrected chi connectivity index (χ1v) is 4.81. The fourth-order valence-electron chi connectivity index (χ4n) is 1.15. The molecule has 0 bridgehead atoms. The molecule has 0 spiro atoms. The highest BCUT2D eigenvalue weighted by Crippen LogP contribution is 2.04. The summed E-state index contributed by atoms with van der Waals surface area (Å²) in [5, 5.41) is 17.6. The molecule has 1 amide bonds. The number of anilines is 1. The molecule has 0 aliphatic carbocycles. The van der Waals surface area contributed by atoms with Gasteiger partial charge in [0, 0.05) is 0 Å². The van der Waals surface area contributed by atoms with Gasteiger partial charge in [0.2, 0.25) is 11.5 Å². The van der Waals surface area contributed by atoms with Crippen LogP contribution in [0.4, 0.5) is 5.82 Å². The molecule has 10 heteroatoms. The van der Waals surface area contributed by atoms with Crippen molar-refractivity contribution in [2.45, 2.75) is 13.8 Å². The number of aryl methyl sites for hydroxylation is 1. The van der Waals surface area contributed by atoms with Crippen molar-refractivity contribution in [2.24, 2.45) is 5.10 Å². The number of nitrogens with zero attached hydrogens (tertiary/aromatic N) is 5. The minimum absolute atomic E-state index is 0.111. The quantitative estimate of drug-likeness (QED) is 0.548. The second-order valence-electron chi connectivity index (χ2n) is 3.33. The summed E-state index contributed by atoms with van der Waals surface area (Å²) in [7, 11) is 0. The molecule has 2 aromatic heterocycles. The lowest BCUT2D eigenvalue weighted by molar-refractivity contribution is 0.0945. The average Bonchev–Trinajstić information content (AvgIpc) is 2.94. The molecule has 10 nitrogen and oxygen atoms in total. The number of hydrogen-bond donors (Lipinski definition) is 2. The van der Waals surface area contributed by atoms with Gasteiger partial charge in [0.1, 0.15) is 5.69 Å². The summed E-state index contributed by atoms with van der Waals surface area (Å²) in [6.07, 6.45) is 0. The smallest absolute Gasteiger partial charge is 0.297 e. The number of carbonyl (C=O) groups is 1. The van der Waals surface area contributed by atoms with Crippen LogP contribution < -0.4 is 11.2 Å². The summed E-state index contributed by atoms with van der Waals surface area (Å²) >= 11 is 0. The van der Waals surface area contributed by atoms with Crippen molar-refractivity contribution in [1.29, 1.82) is 0 Å². The van der Waals surface area contributed by atoms with Gasteiger partial charge in [0.15, 0.2) is 5.69 Å². The molecule has 0 aliphatic rings. The number of hydrazone groups is 1. The SMILES string of the molecule is C/C(=N/NC(=O)c1nonc1N)c1nonc1C. The van der Waals surface area contributed by atoms with E-state index in [-0.39, 0.29) is 11.5 Å².